The Morgan fingerprint density at radius 3 is 2.58 bits per heavy atom. The Morgan fingerprint density at radius 2 is 1.88 bits per heavy atom. The molecule has 0 aliphatic carbocycles. The van der Waals surface area contributed by atoms with E-state index >= 15 is 0 Å². The number of benzene rings is 2. The number of nitrogens with one attached hydrogen (secondary N) is 1. The highest BCUT2D eigenvalue weighted by Gasteiger charge is 2.27. The Kier molecular flexibility index (Phi) is 5.02. The van der Waals surface area contributed by atoms with Gasteiger partial charge in [-0.1, -0.05) is 24.3 Å². The maximum absolute atomic E-state index is 12.4. The number of hydrazone groups is 1. The summed E-state index contributed by atoms with van der Waals surface area (Å²) in [4.78, 5) is 24.5. The van der Waals surface area contributed by atoms with Gasteiger partial charge in [0.1, 0.15) is 11.6 Å². The van der Waals surface area contributed by atoms with E-state index in [9.17, 15) is 9.59 Å². The quantitative estimate of drug-likeness (QED) is 0.921. The van der Waals surface area contributed by atoms with Crippen molar-refractivity contribution < 1.29 is 14.3 Å². The summed E-state index contributed by atoms with van der Waals surface area (Å²) in [6.07, 6.45) is -0.655. The number of ether oxygens (including phenoxy) is 1. The number of rotatable bonds is 4. The van der Waals surface area contributed by atoms with Crippen molar-refractivity contribution in [2.24, 2.45) is 5.10 Å². The highest BCUT2D eigenvalue weighted by molar-refractivity contribution is 6.16. The number of carbonyl (C=O) groups excluding carboxylic acids is 2. The number of nitrogens with zero attached hydrogens (tertiary/aromatic N) is 2. The molecule has 2 aromatic rings. The van der Waals surface area contributed by atoms with Gasteiger partial charge in [-0.15, -0.1) is 0 Å². The molecule has 2 aromatic carbocycles. The molecule has 3 rings (SSSR count). The Balaban J connectivity index is 1.64. The first kappa shape index (κ1) is 17.7. The minimum atomic E-state index is -0.708. The molecule has 1 N–H and O–H groups in total. The van der Waals surface area contributed by atoms with E-state index in [4.69, 9.17) is 4.74 Å². The van der Waals surface area contributed by atoms with Gasteiger partial charge < -0.3 is 10.1 Å². The van der Waals surface area contributed by atoms with Crippen molar-refractivity contribution in [2.45, 2.75) is 33.3 Å². The molecule has 0 saturated carbocycles. The third kappa shape index (κ3) is 3.91. The van der Waals surface area contributed by atoms with Crippen LogP contribution >= 0.6 is 0 Å². The SMILES string of the molecule is Cc1ccc(OC(C)C(=O)NC2=NN(c3ccccc3)C(=O)C2)cc1C. The molecular weight excluding hydrogens is 330 g/mol. The van der Waals surface area contributed by atoms with Crippen LogP contribution < -0.4 is 15.1 Å². The summed E-state index contributed by atoms with van der Waals surface area (Å²) in [5, 5.41) is 8.18. The van der Waals surface area contributed by atoms with E-state index < -0.39 is 6.10 Å². The van der Waals surface area contributed by atoms with Gasteiger partial charge in [0.05, 0.1) is 12.1 Å². The summed E-state index contributed by atoms with van der Waals surface area (Å²) in [6.45, 7) is 5.67. The molecule has 0 fully saturated rings. The number of hydrogen-bond acceptors (Lipinski definition) is 4. The highest BCUT2D eigenvalue weighted by atomic mass is 16.5. The van der Waals surface area contributed by atoms with Crippen molar-refractivity contribution in [1.29, 1.82) is 0 Å². The van der Waals surface area contributed by atoms with Gasteiger partial charge in [0, 0.05) is 0 Å². The fourth-order valence-corrected chi connectivity index (χ4v) is 2.56. The number of hydrogen-bond donors (Lipinski definition) is 1. The second-order valence-corrected chi connectivity index (χ2v) is 6.26. The first-order chi connectivity index (χ1) is 12.4. The zero-order valence-corrected chi connectivity index (χ0v) is 15.0. The standard InChI is InChI=1S/C20H21N3O3/c1-13-9-10-17(11-14(13)2)26-15(3)20(25)21-18-12-19(24)23(22-18)16-7-5-4-6-8-16/h4-11,15H,12H2,1-3H3,(H,21,22,25). The zero-order valence-electron chi connectivity index (χ0n) is 15.0. The monoisotopic (exact) mass is 351 g/mol. The number of para-hydroxylation sites is 1. The molecular formula is C20H21N3O3. The van der Waals surface area contributed by atoms with Crippen molar-refractivity contribution in [3.63, 3.8) is 0 Å². The van der Waals surface area contributed by atoms with Gasteiger partial charge in [-0.25, -0.2) is 0 Å². The molecule has 1 heterocycles. The van der Waals surface area contributed by atoms with E-state index in [0.29, 0.717) is 17.3 Å². The highest BCUT2D eigenvalue weighted by Crippen LogP contribution is 2.20. The van der Waals surface area contributed by atoms with E-state index in [1.54, 1.807) is 19.1 Å². The Bertz CT molecular complexity index is 862. The van der Waals surface area contributed by atoms with Crippen LogP contribution in [0, 0.1) is 13.8 Å². The predicted molar refractivity (Wildman–Crippen MR) is 100 cm³/mol. The number of amides is 2. The molecule has 0 radical (unpaired) electrons. The van der Waals surface area contributed by atoms with Crippen LogP contribution in [0.2, 0.25) is 0 Å². The summed E-state index contributed by atoms with van der Waals surface area (Å²) in [5.41, 5.74) is 2.93. The lowest BCUT2D eigenvalue weighted by Gasteiger charge is -2.15. The van der Waals surface area contributed by atoms with E-state index in [1.165, 1.54) is 5.01 Å². The first-order valence-corrected chi connectivity index (χ1v) is 8.44. The van der Waals surface area contributed by atoms with Crippen molar-refractivity contribution in [1.82, 2.24) is 5.32 Å². The Morgan fingerprint density at radius 1 is 1.15 bits per heavy atom. The van der Waals surface area contributed by atoms with Crippen LogP contribution in [0.4, 0.5) is 5.69 Å². The first-order valence-electron chi connectivity index (χ1n) is 8.44. The molecule has 6 nitrogen and oxygen atoms in total. The second-order valence-electron chi connectivity index (χ2n) is 6.26. The van der Waals surface area contributed by atoms with Gasteiger partial charge in [0.25, 0.3) is 11.8 Å². The molecule has 1 aliphatic heterocycles. The maximum atomic E-state index is 12.4. The number of anilines is 1. The predicted octanol–water partition coefficient (Wildman–Crippen LogP) is 2.94. The van der Waals surface area contributed by atoms with Crippen LogP contribution in [0.5, 0.6) is 5.75 Å². The van der Waals surface area contributed by atoms with Crippen LogP contribution in [0.1, 0.15) is 24.5 Å². The normalized spacial score (nSPS) is 14.8. The molecule has 0 bridgehead atoms. The average Bonchev–Trinajstić information content (AvgIpc) is 2.99. The molecule has 1 aliphatic rings. The van der Waals surface area contributed by atoms with E-state index in [1.807, 2.05) is 50.2 Å². The summed E-state index contributed by atoms with van der Waals surface area (Å²) >= 11 is 0. The molecule has 2 amide bonds. The average molecular weight is 351 g/mol. The molecule has 0 saturated heterocycles. The van der Waals surface area contributed by atoms with E-state index in [2.05, 4.69) is 10.4 Å². The van der Waals surface area contributed by atoms with Crippen LogP contribution in [0.3, 0.4) is 0 Å². The van der Waals surface area contributed by atoms with Crippen LogP contribution in [0.25, 0.3) is 0 Å². The molecule has 1 unspecified atom stereocenters. The lowest BCUT2D eigenvalue weighted by molar-refractivity contribution is -0.125. The van der Waals surface area contributed by atoms with Gasteiger partial charge in [0.2, 0.25) is 0 Å². The van der Waals surface area contributed by atoms with Crippen molar-refractivity contribution in [2.75, 3.05) is 5.01 Å². The zero-order chi connectivity index (χ0) is 18.7. The fraction of sp³-hybridized carbons (Fsp3) is 0.250. The second kappa shape index (κ2) is 7.39. The van der Waals surface area contributed by atoms with Crippen LogP contribution in [-0.2, 0) is 9.59 Å². The molecule has 0 aromatic heterocycles. The largest absolute Gasteiger partial charge is 0.481 e. The third-order valence-corrected chi connectivity index (χ3v) is 4.20. The summed E-state index contributed by atoms with van der Waals surface area (Å²) in [7, 11) is 0. The van der Waals surface area contributed by atoms with Gasteiger partial charge in [0.15, 0.2) is 6.10 Å². The van der Waals surface area contributed by atoms with Gasteiger partial charge in [-0.2, -0.15) is 10.1 Å². The number of carbonyl (C=O) groups is 2. The molecule has 6 heteroatoms. The number of amidine groups is 1. The molecule has 1 atom stereocenters. The molecule has 0 spiro atoms. The minimum absolute atomic E-state index is 0.0526. The van der Waals surface area contributed by atoms with Crippen molar-refractivity contribution in [3.8, 4) is 5.75 Å². The van der Waals surface area contributed by atoms with Crippen LogP contribution in [0.15, 0.2) is 53.6 Å². The van der Waals surface area contributed by atoms with Crippen molar-refractivity contribution >= 4 is 23.3 Å². The van der Waals surface area contributed by atoms with Gasteiger partial charge in [-0.3, -0.25) is 9.59 Å². The van der Waals surface area contributed by atoms with Gasteiger partial charge in [-0.05, 0) is 56.2 Å². The smallest absolute Gasteiger partial charge is 0.266 e. The Labute approximate surface area is 152 Å². The summed E-state index contributed by atoms with van der Waals surface area (Å²) in [6, 6.07) is 14.8. The lowest BCUT2D eigenvalue weighted by Crippen LogP contribution is -2.39. The van der Waals surface area contributed by atoms with Crippen LogP contribution in [-0.4, -0.2) is 23.8 Å². The van der Waals surface area contributed by atoms with E-state index in [0.717, 1.165) is 11.1 Å². The van der Waals surface area contributed by atoms with Crippen molar-refractivity contribution in [3.05, 3.63) is 59.7 Å². The number of aryl methyl sites for hydroxylation is 2. The maximum Gasteiger partial charge on any atom is 0.266 e. The van der Waals surface area contributed by atoms with E-state index in [-0.39, 0.29) is 18.2 Å². The third-order valence-electron chi connectivity index (χ3n) is 4.20. The Hall–Kier alpha value is -3.15. The molecule has 26 heavy (non-hydrogen) atoms. The van der Waals surface area contributed by atoms with Gasteiger partial charge >= 0.3 is 0 Å². The topological polar surface area (TPSA) is 71.0 Å². The fourth-order valence-electron chi connectivity index (χ4n) is 2.56. The lowest BCUT2D eigenvalue weighted by atomic mass is 10.1. The summed E-state index contributed by atoms with van der Waals surface area (Å²) < 4.78 is 5.69. The minimum Gasteiger partial charge on any atom is -0.481 e. The summed E-state index contributed by atoms with van der Waals surface area (Å²) in [5.74, 6) is 0.421. The molecule has 134 valence electrons.